The number of ether oxygens (including phenoxy) is 1. The van der Waals surface area contributed by atoms with Crippen molar-refractivity contribution in [2.45, 2.75) is 38.5 Å². The molecule has 0 saturated heterocycles. The molecule has 0 saturated carbocycles. The first kappa shape index (κ1) is 14.4. The Kier molecular flexibility index (Phi) is 6.45. The fourth-order valence-electron chi connectivity index (χ4n) is 1.54. The predicted octanol–water partition coefficient (Wildman–Crippen LogP) is 3.65. The summed E-state index contributed by atoms with van der Waals surface area (Å²) in [5.41, 5.74) is 0.893. The Morgan fingerprint density at radius 1 is 1.29 bits per heavy atom. The molecule has 0 aliphatic heterocycles. The van der Waals surface area contributed by atoms with Crippen LogP contribution in [0.15, 0.2) is 24.3 Å². The number of rotatable bonds is 7. The van der Waals surface area contributed by atoms with Crippen LogP contribution in [0.3, 0.4) is 0 Å². The lowest BCUT2D eigenvalue weighted by atomic mass is 10.1. The quantitative estimate of drug-likeness (QED) is 0.753. The average Bonchev–Trinajstić information content (AvgIpc) is 2.34. The molecule has 96 valence electrons. The highest BCUT2D eigenvalue weighted by atomic mass is 32.2. The molecule has 0 fully saturated rings. The highest BCUT2D eigenvalue weighted by Gasteiger charge is 2.10. The zero-order valence-electron chi connectivity index (χ0n) is 10.8. The van der Waals surface area contributed by atoms with Gasteiger partial charge in [0.2, 0.25) is 0 Å². The average molecular weight is 254 g/mol. The van der Waals surface area contributed by atoms with Gasteiger partial charge in [-0.05, 0) is 17.7 Å². The first-order valence-corrected chi connectivity index (χ1v) is 7.21. The molecule has 0 aromatic heterocycles. The lowest BCUT2D eigenvalue weighted by molar-refractivity contribution is 0.168. The van der Waals surface area contributed by atoms with E-state index in [2.05, 4.69) is 13.8 Å². The molecule has 3 heteroatoms. The Labute approximate surface area is 108 Å². The molecule has 1 aromatic carbocycles. The van der Waals surface area contributed by atoms with Gasteiger partial charge >= 0.3 is 0 Å². The Morgan fingerprint density at radius 2 is 2.00 bits per heavy atom. The number of benzene rings is 1. The molecule has 0 spiro atoms. The first-order chi connectivity index (χ1) is 8.15. The van der Waals surface area contributed by atoms with Crippen molar-refractivity contribution < 1.29 is 9.84 Å². The van der Waals surface area contributed by atoms with E-state index in [1.54, 1.807) is 0 Å². The maximum absolute atomic E-state index is 9.87. The monoisotopic (exact) mass is 254 g/mol. The lowest BCUT2D eigenvalue weighted by Crippen LogP contribution is -2.06. The third-order valence-corrected chi connectivity index (χ3v) is 3.53. The summed E-state index contributed by atoms with van der Waals surface area (Å²) >= 11 is 1.88. The second kappa shape index (κ2) is 7.62. The highest BCUT2D eigenvalue weighted by Crippen LogP contribution is 2.27. The molecular formula is C14H22O2S. The van der Waals surface area contributed by atoms with Gasteiger partial charge in [-0.1, -0.05) is 39.0 Å². The standard InChI is InChI=1S/C14H22O2S/c1-4-13(15)12-7-5-6-8-14(12)16-9-10-17-11(2)3/h5-8,11,13,15H,4,9-10H2,1-3H3/t13-/m1/s1. The second-order valence-corrected chi connectivity index (χ2v) is 5.91. The molecule has 0 bridgehead atoms. The van der Waals surface area contributed by atoms with Crippen molar-refractivity contribution in [1.82, 2.24) is 0 Å². The van der Waals surface area contributed by atoms with E-state index in [1.165, 1.54) is 0 Å². The molecular weight excluding hydrogens is 232 g/mol. The van der Waals surface area contributed by atoms with Crippen LogP contribution in [0, 0.1) is 0 Å². The van der Waals surface area contributed by atoms with Crippen molar-refractivity contribution in [2.75, 3.05) is 12.4 Å². The topological polar surface area (TPSA) is 29.5 Å². The Balaban J connectivity index is 2.52. The van der Waals surface area contributed by atoms with E-state index in [9.17, 15) is 5.11 Å². The lowest BCUT2D eigenvalue weighted by Gasteiger charge is -2.15. The van der Waals surface area contributed by atoms with Crippen LogP contribution in [-0.2, 0) is 0 Å². The molecule has 2 nitrogen and oxygen atoms in total. The second-order valence-electron chi connectivity index (χ2n) is 4.23. The highest BCUT2D eigenvalue weighted by molar-refractivity contribution is 7.99. The van der Waals surface area contributed by atoms with Gasteiger partial charge in [-0.15, -0.1) is 0 Å². The third kappa shape index (κ3) is 5.00. The third-order valence-electron chi connectivity index (χ3n) is 2.46. The van der Waals surface area contributed by atoms with Crippen LogP contribution in [0.4, 0.5) is 0 Å². The van der Waals surface area contributed by atoms with Gasteiger partial charge in [0, 0.05) is 11.3 Å². The molecule has 0 amide bonds. The molecule has 1 N–H and O–H groups in total. The maximum atomic E-state index is 9.87. The summed E-state index contributed by atoms with van der Waals surface area (Å²) in [7, 11) is 0. The molecule has 17 heavy (non-hydrogen) atoms. The largest absolute Gasteiger partial charge is 0.492 e. The van der Waals surface area contributed by atoms with E-state index in [0.717, 1.165) is 17.1 Å². The summed E-state index contributed by atoms with van der Waals surface area (Å²) in [5.74, 6) is 1.79. The summed E-state index contributed by atoms with van der Waals surface area (Å²) in [5, 5.41) is 10.5. The first-order valence-electron chi connectivity index (χ1n) is 6.16. The fourth-order valence-corrected chi connectivity index (χ4v) is 2.19. The van der Waals surface area contributed by atoms with Gasteiger partial charge in [0.1, 0.15) is 5.75 Å². The smallest absolute Gasteiger partial charge is 0.125 e. The van der Waals surface area contributed by atoms with Crippen LogP contribution in [0.2, 0.25) is 0 Å². The SMILES string of the molecule is CC[C@@H](O)c1ccccc1OCCSC(C)C. The van der Waals surface area contributed by atoms with Gasteiger partial charge in [-0.3, -0.25) is 0 Å². The van der Waals surface area contributed by atoms with Crippen molar-refractivity contribution in [1.29, 1.82) is 0 Å². The van der Waals surface area contributed by atoms with Gasteiger partial charge in [-0.2, -0.15) is 11.8 Å². The van der Waals surface area contributed by atoms with Crippen LogP contribution >= 0.6 is 11.8 Å². The van der Waals surface area contributed by atoms with Crippen molar-refractivity contribution in [2.24, 2.45) is 0 Å². The van der Waals surface area contributed by atoms with Crippen molar-refractivity contribution in [3.05, 3.63) is 29.8 Å². The number of para-hydroxylation sites is 1. The Hall–Kier alpha value is -0.670. The zero-order chi connectivity index (χ0) is 12.7. The maximum Gasteiger partial charge on any atom is 0.125 e. The van der Waals surface area contributed by atoms with Crippen LogP contribution in [0.25, 0.3) is 0 Å². The molecule has 0 aliphatic rings. The van der Waals surface area contributed by atoms with E-state index in [4.69, 9.17) is 4.74 Å². The summed E-state index contributed by atoms with van der Waals surface area (Å²) in [6, 6.07) is 7.73. The number of hydrogen-bond donors (Lipinski definition) is 1. The molecule has 1 rings (SSSR count). The molecule has 1 atom stereocenters. The molecule has 0 radical (unpaired) electrons. The fraction of sp³-hybridized carbons (Fsp3) is 0.571. The van der Waals surface area contributed by atoms with E-state index in [0.29, 0.717) is 18.3 Å². The number of aliphatic hydroxyl groups is 1. The van der Waals surface area contributed by atoms with Crippen molar-refractivity contribution in [3.63, 3.8) is 0 Å². The normalized spacial score (nSPS) is 12.8. The van der Waals surface area contributed by atoms with E-state index < -0.39 is 6.10 Å². The minimum absolute atomic E-state index is 0.427. The number of hydrogen-bond acceptors (Lipinski definition) is 3. The minimum atomic E-state index is -0.427. The number of aliphatic hydroxyl groups excluding tert-OH is 1. The van der Waals surface area contributed by atoms with Gasteiger partial charge < -0.3 is 9.84 Å². The molecule has 0 unspecified atom stereocenters. The summed E-state index contributed by atoms with van der Waals surface area (Å²) in [6.07, 6.45) is 0.283. The van der Waals surface area contributed by atoms with Gasteiger partial charge in [0.15, 0.2) is 0 Å². The van der Waals surface area contributed by atoms with Crippen LogP contribution in [0.1, 0.15) is 38.9 Å². The van der Waals surface area contributed by atoms with Crippen molar-refractivity contribution >= 4 is 11.8 Å². The summed E-state index contributed by atoms with van der Waals surface area (Å²) < 4.78 is 5.73. The Bertz CT molecular complexity index is 326. The zero-order valence-corrected chi connectivity index (χ0v) is 11.7. The summed E-state index contributed by atoms with van der Waals surface area (Å²) in [6.45, 7) is 7.02. The van der Waals surface area contributed by atoms with E-state index >= 15 is 0 Å². The number of thioether (sulfide) groups is 1. The van der Waals surface area contributed by atoms with E-state index in [1.807, 2.05) is 43.0 Å². The van der Waals surface area contributed by atoms with Crippen LogP contribution < -0.4 is 4.74 Å². The van der Waals surface area contributed by atoms with Gasteiger partial charge in [0.25, 0.3) is 0 Å². The van der Waals surface area contributed by atoms with Gasteiger partial charge in [0.05, 0.1) is 12.7 Å². The molecule has 0 heterocycles. The van der Waals surface area contributed by atoms with Crippen LogP contribution in [-0.4, -0.2) is 22.7 Å². The predicted molar refractivity (Wildman–Crippen MR) is 74.8 cm³/mol. The van der Waals surface area contributed by atoms with Gasteiger partial charge in [-0.25, -0.2) is 0 Å². The molecule has 1 aromatic rings. The Morgan fingerprint density at radius 3 is 2.65 bits per heavy atom. The van der Waals surface area contributed by atoms with Crippen LogP contribution in [0.5, 0.6) is 5.75 Å². The summed E-state index contributed by atoms with van der Waals surface area (Å²) in [4.78, 5) is 0. The van der Waals surface area contributed by atoms with E-state index in [-0.39, 0.29) is 0 Å². The minimum Gasteiger partial charge on any atom is -0.492 e. The molecule has 0 aliphatic carbocycles. The van der Waals surface area contributed by atoms with Crippen molar-refractivity contribution in [3.8, 4) is 5.75 Å².